The molecule has 0 spiro atoms. The first-order chi connectivity index (χ1) is 16.9. The van der Waals surface area contributed by atoms with Gasteiger partial charge < -0.3 is 25.1 Å². The Morgan fingerprint density at radius 1 is 0.886 bits per heavy atom. The molecule has 0 radical (unpaired) electrons. The van der Waals surface area contributed by atoms with Crippen molar-refractivity contribution in [3.05, 3.63) is 89.4 Å². The van der Waals surface area contributed by atoms with Crippen LogP contribution in [0.2, 0.25) is 0 Å². The summed E-state index contributed by atoms with van der Waals surface area (Å²) < 4.78 is 10.6. The van der Waals surface area contributed by atoms with Gasteiger partial charge in [-0.25, -0.2) is 0 Å². The molecule has 3 amide bonds. The maximum atomic E-state index is 12.9. The number of nitrogens with one attached hydrogen (secondary N) is 3. The second kappa shape index (κ2) is 12.4. The Bertz CT molecular complexity index is 1120. The van der Waals surface area contributed by atoms with Gasteiger partial charge in [-0.3, -0.25) is 14.4 Å². The number of carbonyl (C=O) groups is 3. The zero-order valence-corrected chi connectivity index (χ0v) is 20.2. The van der Waals surface area contributed by atoms with Crippen molar-refractivity contribution in [2.75, 3.05) is 6.61 Å². The van der Waals surface area contributed by atoms with Crippen molar-refractivity contribution in [2.24, 2.45) is 5.92 Å². The summed E-state index contributed by atoms with van der Waals surface area (Å²) in [6, 6.07) is 16.6. The first kappa shape index (κ1) is 25.6. The van der Waals surface area contributed by atoms with Crippen LogP contribution in [-0.2, 0) is 17.9 Å². The first-order valence-electron chi connectivity index (χ1n) is 11.6. The van der Waals surface area contributed by atoms with E-state index in [2.05, 4.69) is 16.0 Å². The van der Waals surface area contributed by atoms with Crippen LogP contribution in [0, 0.1) is 5.92 Å². The maximum absolute atomic E-state index is 12.9. The zero-order chi connectivity index (χ0) is 25.2. The van der Waals surface area contributed by atoms with Crippen LogP contribution in [0.3, 0.4) is 0 Å². The summed E-state index contributed by atoms with van der Waals surface area (Å²) in [5, 5.41) is 8.48. The molecule has 8 nitrogen and oxygen atoms in total. The van der Waals surface area contributed by atoms with Crippen LogP contribution in [-0.4, -0.2) is 30.4 Å². The van der Waals surface area contributed by atoms with Gasteiger partial charge >= 0.3 is 0 Å². The number of rotatable bonds is 11. The molecule has 1 unspecified atom stereocenters. The van der Waals surface area contributed by atoms with E-state index < -0.39 is 6.04 Å². The Morgan fingerprint density at radius 2 is 1.66 bits per heavy atom. The minimum atomic E-state index is -0.714. The lowest BCUT2D eigenvalue weighted by molar-refractivity contribution is -0.124. The lowest BCUT2D eigenvalue weighted by Crippen LogP contribution is -2.49. The normalized spacial score (nSPS) is 11.5. The molecule has 3 N–H and O–H groups in total. The Balaban J connectivity index is 1.56. The fourth-order valence-corrected chi connectivity index (χ4v) is 3.43. The van der Waals surface area contributed by atoms with Crippen molar-refractivity contribution in [1.29, 1.82) is 0 Å². The van der Waals surface area contributed by atoms with Crippen molar-refractivity contribution in [3.63, 3.8) is 0 Å². The molecule has 0 bridgehead atoms. The molecule has 0 fully saturated rings. The third kappa shape index (κ3) is 7.46. The molecule has 0 saturated heterocycles. The van der Waals surface area contributed by atoms with E-state index in [1.807, 2.05) is 26.8 Å². The average Bonchev–Trinajstić information content (AvgIpc) is 3.38. The van der Waals surface area contributed by atoms with Gasteiger partial charge in [0.05, 0.1) is 19.4 Å². The second-order valence-electron chi connectivity index (χ2n) is 8.33. The van der Waals surface area contributed by atoms with E-state index in [1.54, 1.807) is 60.9 Å². The van der Waals surface area contributed by atoms with Gasteiger partial charge in [-0.2, -0.15) is 0 Å². The SMILES string of the molecule is CCOc1ccc(C(=O)NC(C(=O)NCc2cccc(C(=O)NCc3ccco3)c2)C(C)C)cc1. The lowest BCUT2D eigenvalue weighted by Gasteiger charge is -2.22. The number of hydrogen-bond donors (Lipinski definition) is 3. The average molecular weight is 478 g/mol. The van der Waals surface area contributed by atoms with E-state index in [4.69, 9.17) is 9.15 Å². The molecular formula is C27H31N3O5. The fraction of sp³-hybridized carbons (Fsp3) is 0.296. The highest BCUT2D eigenvalue weighted by atomic mass is 16.5. The molecule has 2 aromatic carbocycles. The highest BCUT2D eigenvalue weighted by Gasteiger charge is 2.24. The Hall–Kier alpha value is -4.07. The number of amides is 3. The summed E-state index contributed by atoms with van der Waals surface area (Å²) in [7, 11) is 0. The monoisotopic (exact) mass is 477 g/mol. The summed E-state index contributed by atoms with van der Waals surface area (Å²) in [5.41, 5.74) is 1.69. The summed E-state index contributed by atoms with van der Waals surface area (Å²) in [6.45, 7) is 6.68. The molecule has 0 saturated carbocycles. The van der Waals surface area contributed by atoms with Crippen LogP contribution in [0.4, 0.5) is 0 Å². The maximum Gasteiger partial charge on any atom is 0.251 e. The molecule has 0 aliphatic carbocycles. The zero-order valence-electron chi connectivity index (χ0n) is 20.2. The highest BCUT2D eigenvalue weighted by Crippen LogP contribution is 2.13. The van der Waals surface area contributed by atoms with Crippen LogP contribution in [0.15, 0.2) is 71.3 Å². The molecular weight excluding hydrogens is 446 g/mol. The van der Waals surface area contributed by atoms with Crippen LogP contribution >= 0.6 is 0 Å². The largest absolute Gasteiger partial charge is 0.494 e. The lowest BCUT2D eigenvalue weighted by atomic mass is 10.0. The highest BCUT2D eigenvalue weighted by molar-refractivity contribution is 5.97. The topological polar surface area (TPSA) is 110 Å². The van der Waals surface area contributed by atoms with Crippen molar-refractivity contribution < 1.29 is 23.5 Å². The molecule has 3 aromatic rings. The van der Waals surface area contributed by atoms with E-state index in [0.717, 1.165) is 5.56 Å². The van der Waals surface area contributed by atoms with Gasteiger partial charge in [-0.15, -0.1) is 0 Å². The van der Waals surface area contributed by atoms with Crippen molar-refractivity contribution in [3.8, 4) is 5.75 Å². The van der Waals surface area contributed by atoms with E-state index in [9.17, 15) is 14.4 Å². The molecule has 35 heavy (non-hydrogen) atoms. The Morgan fingerprint density at radius 3 is 2.31 bits per heavy atom. The van der Waals surface area contributed by atoms with E-state index in [1.165, 1.54) is 0 Å². The summed E-state index contributed by atoms with van der Waals surface area (Å²) in [4.78, 5) is 38.0. The molecule has 3 rings (SSSR count). The van der Waals surface area contributed by atoms with Crippen molar-refractivity contribution in [2.45, 2.75) is 39.9 Å². The van der Waals surface area contributed by atoms with E-state index in [-0.39, 0.29) is 36.7 Å². The standard InChI is InChI=1S/C27H31N3O5/c1-4-34-22-12-10-20(11-13-22)26(32)30-24(18(2)3)27(33)28-16-19-7-5-8-21(15-19)25(31)29-17-23-9-6-14-35-23/h5-15,18,24H,4,16-17H2,1-3H3,(H,28,33)(H,29,31)(H,30,32). The van der Waals surface area contributed by atoms with Gasteiger partial charge in [0, 0.05) is 17.7 Å². The van der Waals surface area contributed by atoms with Gasteiger partial charge in [0.2, 0.25) is 5.91 Å². The van der Waals surface area contributed by atoms with Crippen molar-refractivity contribution in [1.82, 2.24) is 16.0 Å². The second-order valence-corrected chi connectivity index (χ2v) is 8.33. The van der Waals surface area contributed by atoms with E-state index >= 15 is 0 Å². The number of ether oxygens (including phenoxy) is 1. The molecule has 0 aliphatic heterocycles. The summed E-state index contributed by atoms with van der Waals surface area (Å²) >= 11 is 0. The molecule has 1 atom stereocenters. The minimum absolute atomic E-state index is 0.125. The molecule has 1 heterocycles. The number of hydrogen-bond acceptors (Lipinski definition) is 5. The quantitative estimate of drug-likeness (QED) is 0.390. The van der Waals surface area contributed by atoms with Gasteiger partial charge in [0.15, 0.2) is 0 Å². The predicted molar refractivity (Wildman–Crippen MR) is 132 cm³/mol. The van der Waals surface area contributed by atoms with Gasteiger partial charge in [-0.1, -0.05) is 26.0 Å². The van der Waals surface area contributed by atoms with Crippen molar-refractivity contribution >= 4 is 17.7 Å². The van der Waals surface area contributed by atoms with Gasteiger partial charge in [0.25, 0.3) is 11.8 Å². The van der Waals surface area contributed by atoms with Crippen LogP contribution < -0.4 is 20.7 Å². The van der Waals surface area contributed by atoms with E-state index in [0.29, 0.717) is 29.2 Å². The summed E-state index contributed by atoms with van der Waals surface area (Å²) in [6.07, 6.45) is 1.55. The van der Waals surface area contributed by atoms with Crippen LogP contribution in [0.25, 0.3) is 0 Å². The molecule has 1 aromatic heterocycles. The minimum Gasteiger partial charge on any atom is -0.494 e. The fourth-order valence-electron chi connectivity index (χ4n) is 3.43. The first-order valence-corrected chi connectivity index (χ1v) is 11.6. The molecule has 184 valence electrons. The Kier molecular flexibility index (Phi) is 9.06. The van der Waals surface area contributed by atoms with Gasteiger partial charge in [0.1, 0.15) is 17.6 Å². The van der Waals surface area contributed by atoms with Crippen LogP contribution in [0.5, 0.6) is 5.75 Å². The molecule has 8 heteroatoms. The molecule has 0 aliphatic rings. The Labute approximate surface area is 205 Å². The number of benzene rings is 2. The van der Waals surface area contributed by atoms with Gasteiger partial charge in [-0.05, 0) is 66.9 Å². The smallest absolute Gasteiger partial charge is 0.251 e. The van der Waals surface area contributed by atoms with Crippen LogP contribution in [0.1, 0.15) is 52.8 Å². The predicted octanol–water partition coefficient (Wildman–Crippen LogP) is 3.68. The third-order valence-electron chi connectivity index (χ3n) is 5.32. The number of carbonyl (C=O) groups excluding carboxylic acids is 3. The summed E-state index contributed by atoms with van der Waals surface area (Å²) in [5.74, 6) is 0.342. The number of furan rings is 1. The third-order valence-corrected chi connectivity index (χ3v) is 5.32.